The molecule has 1 aliphatic rings. The number of hydrogen-bond donors (Lipinski definition) is 1. The highest BCUT2D eigenvalue weighted by Crippen LogP contribution is 2.31. The lowest BCUT2D eigenvalue weighted by molar-refractivity contribution is 0.218. The van der Waals surface area contributed by atoms with Gasteiger partial charge in [0.2, 0.25) is 0 Å². The van der Waals surface area contributed by atoms with Gasteiger partial charge in [0.25, 0.3) is 0 Å². The minimum atomic E-state index is -0.672. The van der Waals surface area contributed by atoms with Gasteiger partial charge in [-0.05, 0) is 29.8 Å². The van der Waals surface area contributed by atoms with Gasteiger partial charge in [-0.15, -0.1) is 0 Å². The van der Waals surface area contributed by atoms with Crippen LogP contribution in [0.4, 0.5) is 5.69 Å². The Morgan fingerprint density at radius 2 is 1.79 bits per heavy atom. The van der Waals surface area contributed by atoms with Crippen molar-refractivity contribution < 1.29 is 5.11 Å². The molecule has 0 amide bonds. The number of benzene rings is 2. The monoisotopic (exact) mass is 393 g/mol. The van der Waals surface area contributed by atoms with Crippen molar-refractivity contribution in [1.29, 1.82) is 0 Å². The molecule has 0 bridgehead atoms. The zero-order chi connectivity index (χ0) is 19.3. The Labute approximate surface area is 171 Å². The Bertz CT molecular complexity index is 910. The summed E-state index contributed by atoms with van der Waals surface area (Å²) in [5.41, 5.74) is 4.09. The smallest absolute Gasteiger partial charge is 0.108 e. The van der Waals surface area contributed by atoms with Crippen LogP contribution in [0.2, 0.25) is 5.02 Å². The van der Waals surface area contributed by atoms with E-state index in [4.69, 9.17) is 11.6 Å². The van der Waals surface area contributed by atoms with E-state index in [0.717, 1.165) is 54.6 Å². The van der Waals surface area contributed by atoms with Gasteiger partial charge in [0.1, 0.15) is 6.10 Å². The van der Waals surface area contributed by atoms with E-state index >= 15 is 0 Å². The van der Waals surface area contributed by atoms with Gasteiger partial charge in [-0.25, -0.2) is 0 Å². The number of aromatic nitrogens is 1. The molecule has 1 aromatic heterocycles. The fourth-order valence-electron chi connectivity index (χ4n) is 3.76. The molecule has 0 saturated carbocycles. The van der Waals surface area contributed by atoms with Crippen molar-refractivity contribution in [3.05, 3.63) is 94.8 Å². The maximum atomic E-state index is 10.9. The van der Waals surface area contributed by atoms with Crippen molar-refractivity contribution in [2.24, 2.45) is 0 Å². The van der Waals surface area contributed by atoms with Gasteiger partial charge < -0.3 is 10.0 Å². The molecule has 1 fully saturated rings. The third-order valence-electron chi connectivity index (χ3n) is 5.24. The van der Waals surface area contributed by atoms with Gasteiger partial charge in [0, 0.05) is 67.0 Å². The lowest BCUT2D eigenvalue weighted by Crippen LogP contribution is -2.46. The Balaban J connectivity index is 1.45. The first-order valence-electron chi connectivity index (χ1n) is 9.59. The fraction of sp³-hybridized carbons (Fsp3) is 0.261. The number of aliphatic hydroxyl groups is 1. The summed E-state index contributed by atoms with van der Waals surface area (Å²) in [6, 6.07) is 20.0. The molecule has 1 aliphatic heterocycles. The number of para-hydroxylation sites is 1. The summed E-state index contributed by atoms with van der Waals surface area (Å²) in [6.45, 7) is 4.72. The lowest BCUT2D eigenvalue weighted by Gasteiger charge is -2.37. The van der Waals surface area contributed by atoms with E-state index in [2.05, 4.69) is 26.9 Å². The van der Waals surface area contributed by atoms with Crippen LogP contribution < -0.4 is 4.90 Å². The molecule has 144 valence electrons. The number of halogens is 1. The summed E-state index contributed by atoms with van der Waals surface area (Å²) >= 11 is 6.11. The van der Waals surface area contributed by atoms with Gasteiger partial charge in [-0.3, -0.25) is 9.88 Å². The molecule has 0 radical (unpaired) electrons. The zero-order valence-electron chi connectivity index (χ0n) is 15.7. The first-order valence-corrected chi connectivity index (χ1v) is 9.97. The van der Waals surface area contributed by atoms with Crippen LogP contribution in [0.1, 0.15) is 22.8 Å². The third-order valence-corrected chi connectivity index (χ3v) is 5.47. The Morgan fingerprint density at radius 1 is 0.964 bits per heavy atom. The number of anilines is 1. The highest BCUT2D eigenvalue weighted by atomic mass is 35.5. The van der Waals surface area contributed by atoms with Crippen molar-refractivity contribution >= 4 is 17.3 Å². The molecule has 2 aromatic carbocycles. The molecule has 2 heterocycles. The summed E-state index contributed by atoms with van der Waals surface area (Å²) in [4.78, 5) is 8.95. The number of aliphatic hydroxyl groups excluding tert-OH is 1. The Hall–Kier alpha value is -2.40. The molecule has 4 rings (SSSR count). The van der Waals surface area contributed by atoms with E-state index in [9.17, 15) is 5.11 Å². The van der Waals surface area contributed by atoms with Crippen molar-refractivity contribution in [3.8, 4) is 0 Å². The third kappa shape index (κ3) is 4.36. The Kier molecular flexibility index (Phi) is 5.91. The van der Waals surface area contributed by atoms with Crippen LogP contribution in [0.3, 0.4) is 0 Å². The van der Waals surface area contributed by atoms with E-state index in [-0.39, 0.29) is 0 Å². The standard InChI is InChI=1S/C23H24ClN3O/c24-20-7-3-5-18(15-20)17-26-11-13-27(14-12-26)22-9-2-1-8-21(22)23(28)19-6-4-10-25-16-19/h1-10,15-16,23,28H,11-14,17H2/t23-/m0/s1. The predicted octanol–water partition coefficient (Wildman–Crippen LogP) is 4.14. The molecule has 5 heteroatoms. The quantitative estimate of drug-likeness (QED) is 0.707. The molecule has 3 aromatic rings. The minimum absolute atomic E-state index is 0.672. The van der Waals surface area contributed by atoms with Crippen molar-refractivity contribution in [1.82, 2.24) is 9.88 Å². The van der Waals surface area contributed by atoms with Crippen LogP contribution in [-0.4, -0.2) is 41.2 Å². The molecule has 1 atom stereocenters. The average Bonchev–Trinajstić information content (AvgIpc) is 2.74. The fourth-order valence-corrected chi connectivity index (χ4v) is 3.98. The zero-order valence-corrected chi connectivity index (χ0v) is 16.5. The van der Waals surface area contributed by atoms with Gasteiger partial charge in [-0.1, -0.05) is 48.0 Å². The average molecular weight is 394 g/mol. The summed E-state index contributed by atoms with van der Waals surface area (Å²) in [5.74, 6) is 0. The number of nitrogens with zero attached hydrogens (tertiary/aromatic N) is 3. The summed E-state index contributed by atoms with van der Waals surface area (Å²) in [7, 11) is 0. The molecule has 0 spiro atoms. The van der Waals surface area contributed by atoms with Gasteiger partial charge in [-0.2, -0.15) is 0 Å². The maximum absolute atomic E-state index is 10.9. The SMILES string of the molecule is O[C@@H](c1cccnc1)c1ccccc1N1CCN(Cc2cccc(Cl)c2)CC1. The second kappa shape index (κ2) is 8.74. The topological polar surface area (TPSA) is 39.6 Å². The van der Waals surface area contributed by atoms with Crippen LogP contribution in [0.25, 0.3) is 0 Å². The van der Waals surface area contributed by atoms with Crippen LogP contribution in [0.5, 0.6) is 0 Å². The number of piperazine rings is 1. The highest BCUT2D eigenvalue weighted by molar-refractivity contribution is 6.30. The van der Waals surface area contributed by atoms with Gasteiger partial charge >= 0.3 is 0 Å². The normalized spacial score (nSPS) is 16.1. The van der Waals surface area contributed by atoms with Crippen LogP contribution in [0.15, 0.2) is 73.1 Å². The van der Waals surface area contributed by atoms with Gasteiger partial charge in [0.15, 0.2) is 0 Å². The minimum Gasteiger partial charge on any atom is -0.384 e. The second-order valence-corrected chi connectivity index (χ2v) is 7.58. The second-order valence-electron chi connectivity index (χ2n) is 7.14. The molecule has 1 N–H and O–H groups in total. The van der Waals surface area contributed by atoms with E-state index < -0.39 is 6.10 Å². The summed E-state index contributed by atoms with van der Waals surface area (Å²) in [5, 5.41) is 11.7. The number of hydrogen-bond acceptors (Lipinski definition) is 4. The summed E-state index contributed by atoms with van der Waals surface area (Å²) in [6.07, 6.45) is 2.78. The highest BCUT2D eigenvalue weighted by Gasteiger charge is 2.22. The first-order chi connectivity index (χ1) is 13.7. The Morgan fingerprint density at radius 3 is 2.54 bits per heavy atom. The lowest BCUT2D eigenvalue weighted by atomic mass is 10.00. The molecular formula is C23H24ClN3O. The first kappa shape index (κ1) is 18.9. The van der Waals surface area contributed by atoms with E-state index in [0.29, 0.717) is 0 Å². The number of pyridine rings is 1. The largest absolute Gasteiger partial charge is 0.384 e. The van der Waals surface area contributed by atoms with E-state index in [1.165, 1.54) is 5.56 Å². The molecule has 28 heavy (non-hydrogen) atoms. The molecule has 0 aliphatic carbocycles. The van der Waals surface area contributed by atoms with Crippen LogP contribution in [-0.2, 0) is 6.54 Å². The molecule has 4 nitrogen and oxygen atoms in total. The molecule has 0 unspecified atom stereocenters. The van der Waals surface area contributed by atoms with Crippen LogP contribution >= 0.6 is 11.6 Å². The van der Waals surface area contributed by atoms with E-state index in [1.54, 1.807) is 12.4 Å². The molecular weight excluding hydrogens is 370 g/mol. The van der Waals surface area contributed by atoms with Gasteiger partial charge in [0.05, 0.1) is 0 Å². The molecule has 1 saturated heterocycles. The predicted molar refractivity (Wildman–Crippen MR) is 114 cm³/mol. The van der Waals surface area contributed by atoms with Crippen molar-refractivity contribution in [2.45, 2.75) is 12.6 Å². The van der Waals surface area contributed by atoms with E-state index in [1.807, 2.05) is 48.5 Å². The van der Waals surface area contributed by atoms with Crippen molar-refractivity contribution in [2.75, 3.05) is 31.1 Å². The van der Waals surface area contributed by atoms with Crippen molar-refractivity contribution in [3.63, 3.8) is 0 Å². The number of rotatable bonds is 5. The maximum Gasteiger partial charge on any atom is 0.108 e. The summed E-state index contributed by atoms with van der Waals surface area (Å²) < 4.78 is 0. The van der Waals surface area contributed by atoms with Crippen LogP contribution in [0, 0.1) is 0 Å².